The minimum Gasteiger partial charge on any atom is -0.489 e. The molecule has 0 saturated carbocycles. The Balaban J connectivity index is 1.91. The molecular weight excluding hydrogens is 382 g/mol. The van der Waals surface area contributed by atoms with E-state index >= 15 is 0 Å². The van der Waals surface area contributed by atoms with E-state index < -0.39 is 18.1 Å². The third-order valence-corrected chi connectivity index (χ3v) is 3.56. The number of aryl methyl sites for hydroxylation is 1. The van der Waals surface area contributed by atoms with Gasteiger partial charge in [-0.3, -0.25) is 4.79 Å². The minimum absolute atomic E-state index is 0.0491. The number of rotatable bonds is 9. The number of amides is 1. The van der Waals surface area contributed by atoms with E-state index in [9.17, 15) is 22.4 Å². The van der Waals surface area contributed by atoms with Gasteiger partial charge in [0.05, 0.1) is 12.3 Å². The lowest BCUT2D eigenvalue weighted by molar-refractivity contribution is -0.274. The Morgan fingerprint density at radius 2 is 1.79 bits per heavy atom. The first-order chi connectivity index (χ1) is 13.3. The number of carbonyl (C=O) groups is 1. The Morgan fingerprint density at radius 1 is 1.07 bits per heavy atom. The third-order valence-electron chi connectivity index (χ3n) is 3.56. The number of alkyl halides is 3. The standard InChI is InChI=1S/C19H19F4NO4/c1-26-10-11-27-17-8-5-14(20)12-16(17)24-18(25)9-4-13-2-6-15(7-3-13)28-19(21,22)23/h2-3,5-8,12H,4,9-11H2,1H3,(H,24,25). The number of carbonyl (C=O) groups excluding carboxylic acids is 1. The molecule has 0 aliphatic rings. The van der Waals surface area contributed by atoms with Crippen LogP contribution in [0.3, 0.4) is 0 Å². The zero-order valence-corrected chi connectivity index (χ0v) is 15.0. The lowest BCUT2D eigenvalue weighted by Gasteiger charge is -2.13. The molecule has 152 valence electrons. The van der Waals surface area contributed by atoms with Gasteiger partial charge in [-0.05, 0) is 36.2 Å². The fraction of sp³-hybridized carbons (Fsp3) is 0.316. The molecule has 1 amide bonds. The van der Waals surface area contributed by atoms with Crippen molar-refractivity contribution in [2.45, 2.75) is 19.2 Å². The molecular formula is C19H19F4NO4. The van der Waals surface area contributed by atoms with Gasteiger partial charge in [-0.2, -0.15) is 0 Å². The summed E-state index contributed by atoms with van der Waals surface area (Å²) in [6.07, 6.45) is -4.42. The van der Waals surface area contributed by atoms with E-state index in [1.54, 1.807) is 0 Å². The second kappa shape index (κ2) is 9.93. The fourth-order valence-corrected chi connectivity index (χ4v) is 2.29. The molecule has 0 aliphatic carbocycles. The predicted molar refractivity (Wildman–Crippen MR) is 93.8 cm³/mol. The van der Waals surface area contributed by atoms with Crippen LogP contribution in [0.25, 0.3) is 0 Å². The molecule has 5 nitrogen and oxygen atoms in total. The molecule has 0 spiro atoms. The number of hydrogen-bond acceptors (Lipinski definition) is 4. The van der Waals surface area contributed by atoms with Gasteiger partial charge in [-0.15, -0.1) is 13.2 Å². The van der Waals surface area contributed by atoms with Crippen molar-refractivity contribution in [3.05, 3.63) is 53.8 Å². The van der Waals surface area contributed by atoms with Crippen molar-refractivity contribution in [2.75, 3.05) is 25.6 Å². The third kappa shape index (κ3) is 7.43. The highest BCUT2D eigenvalue weighted by molar-refractivity contribution is 5.92. The summed E-state index contributed by atoms with van der Waals surface area (Å²) in [4.78, 5) is 12.1. The molecule has 0 radical (unpaired) electrons. The molecule has 2 aromatic rings. The van der Waals surface area contributed by atoms with Gasteiger partial charge < -0.3 is 19.5 Å². The van der Waals surface area contributed by atoms with E-state index in [1.165, 1.54) is 43.5 Å². The lowest BCUT2D eigenvalue weighted by Crippen LogP contribution is -2.17. The van der Waals surface area contributed by atoms with Crippen molar-refractivity contribution in [1.29, 1.82) is 0 Å². The van der Waals surface area contributed by atoms with Gasteiger partial charge >= 0.3 is 6.36 Å². The van der Waals surface area contributed by atoms with Crippen LogP contribution in [0, 0.1) is 5.82 Å². The molecule has 2 aromatic carbocycles. The van der Waals surface area contributed by atoms with Crippen LogP contribution in [-0.2, 0) is 16.0 Å². The van der Waals surface area contributed by atoms with E-state index in [1.807, 2.05) is 0 Å². The van der Waals surface area contributed by atoms with Gasteiger partial charge in [-0.1, -0.05) is 12.1 Å². The summed E-state index contributed by atoms with van der Waals surface area (Å²) in [6.45, 7) is 0.566. The molecule has 0 bridgehead atoms. The first kappa shape index (κ1) is 21.5. The second-order valence-corrected chi connectivity index (χ2v) is 5.72. The van der Waals surface area contributed by atoms with E-state index in [0.717, 1.165) is 6.07 Å². The van der Waals surface area contributed by atoms with Crippen LogP contribution < -0.4 is 14.8 Å². The Bertz CT molecular complexity index is 778. The number of ether oxygens (including phenoxy) is 3. The number of methoxy groups -OCH3 is 1. The molecule has 0 fully saturated rings. The summed E-state index contributed by atoms with van der Waals surface area (Å²) >= 11 is 0. The zero-order chi connectivity index (χ0) is 20.6. The molecule has 2 rings (SSSR count). The molecule has 0 saturated heterocycles. The number of anilines is 1. The SMILES string of the molecule is COCCOc1ccc(F)cc1NC(=O)CCc1ccc(OC(F)(F)F)cc1. The van der Waals surface area contributed by atoms with Crippen molar-refractivity contribution in [3.63, 3.8) is 0 Å². The fourth-order valence-electron chi connectivity index (χ4n) is 2.29. The highest BCUT2D eigenvalue weighted by Crippen LogP contribution is 2.26. The van der Waals surface area contributed by atoms with Gasteiger partial charge in [0.1, 0.15) is 23.9 Å². The van der Waals surface area contributed by atoms with Crippen LogP contribution in [0.1, 0.15) is 12.0 Å². The summed E-state index contributed by atoms with van der Waals surface area (Å²) in [7, 11) is 1.51. The van der Waals surface area contributed by atoms with Crippen molar-refractivity contribution in [1.82, 2.24) is 0 Å². The molecule has 28 heavy (non-hydrogen) atoms. The quantitative estimate of drug-likeness (QED) is 0.502. The van der Waals surface area contributed by atoms with Crippen LogP contribution in [0.5, 0.6) is 11.5 Å². The van der Waals surface area contributed by atoms with Crippen molar-refractivity contribution in [3.8, 4) is 11.5 Å². The predicted octanol–water partition coefficient (Wildman–Crippen LogP) is 4.32. The smallest absolute Gasteiger partial charge is 0.489 e. The van der Waals surface area contributed by atoms with E-state index in [-0.39, 0.29) is 30.9 Å². The van der Waals surface area contributed by atoms with Crippen LogP contribution in [-0.4, -0.2) is 32.6 Å². The van der Waals surface area contributed by atoms with Gasteiger partial charge in [0.15, 0.2) is 0 Å². The van der Waals surface area contributed by atoms with Crippen LogP contribution in [0.4, 0.5) is 23.2 Å². The Labute approximate surface area is 159 Å². The van der Waals surface area contributed by atoms with E-state index in [0.29, 0.717) is 17.9 Å². The summed E-state index contributed by atoms with van der Waals surface area (Å²) in [6, 6.07) is 8.99. The largest absolute Gasteiger partial charge is 0.573 e. The Hall–Kier alpha value is -2.81. The minimum atomic E-state index is -4.75. The van der Waals surface area contributed by atoms with Crippen molar-refractivity contribution < 1.29 is 36.6 Å². The second-order valence-electron chi connectivity index (χ2n) is 5.72. The average Bonchev–Trinajstić information content (AvgIpc) is 2.62. The Kier molecular flexibility index (Phi) is 7.62. The lowest BCUT2D eigenvalue weighted by atomic mass is 10.1. The first-order valence-corrected chi connectivity index (χ1v) is 8.32. The van der Waals surface area contributed by atoms with Crippen LogP contribution >= 0.6 is 0 Å². The Morgan fingerprint density at radius 3 is 2.43 bits per heavy atom. The molecule has 0 heterocycles. The van der Waals surface area contributed by atoms with E-state index in [2.05, 4.69) is 10.1 Å². The maximum atomic E-state index is 13.5. The summed E-state index contributed by atoms with van der Waals surface area (Å²) in [5.41, 5.74) is 0.843. The van der Waals surface area contributed by atoms with Crippen LogP contribution in [0.15, 0.2) is 42.5 Å². The molecule has 9 heteroatoms. The number of halogens is 4. The highest BCUT2D eigenvalue weighted by Gasteiger charge is 2.30. The van der Waals surface area contributed by atoms with Crippen molar-refractivity contribution in [2.24, 2.45) is 0 Å². The zero-order valence-electron chi connectivity index (χ0n) is 15.0. The number of benzene rings is 2. The normalized spacial score (nSPS) is 11.2. The summed E-state index contributed by atoms with van der Waals surface area (Å²) in [5.74, 6) is -0.953. The summed E-state index contributed by atoms with van der Waals surface area (Å²) in [5, 5.41) is 2.57. The summed E-state index contributed by atoms with van der Waals surface area (Å²) < 4.78 is 64.0. The molecule has 1 N–H and O–H groups in total. The maximum absolute atomic E-state index is 13.5. The first-order valence-electron chi connectivity index (χ1n) is 8.32. The van der Waals surface area contributed by atoms with Gasteiger partial charge in [0.25, 0.3) is 0 Å². The van der Waals surface area contributed by atoms with Crippen molar-refractivity contribution >= 4 is 11.6 Å². The molecule has 0 aliphatic heterocycles. The van der Waals surface area contributed by atoms with Crippen LogP contribution in [0.2, 0.25) is 0 Å². The van der Waals surface area contributed by atoms with Gasteiger partial charge in [-0.25, -0.2) is 4.39 Å². The van der Waals surface area contributed by atoms with Gasteiger partial charge in [0, 0.05) is 19.6 Å². The molecule has 0 unspecified atom stereocenters. The van der Waals surface area contributed by atoms with Gasteiger partial charge in [0.2, 0.25) is 5.91 Å². The number of hydrogen-bond donors (Lipinski definition) is 1. The topological polar surface area (TPSA) is 56.8 Å². The number of nitrogens with one attached hydrogen (secondary N) is 1. The monoisotopic (exact) mass is 401 g/mol. The highest BCUT2D eigenvalue weighted by atomic mass is 19.4. The maximum Gasteiger partial charge on any atom is 0.573 e. The average molecular weight is 401 g/mol. The van der Waals surface area contributed by atoms with E-state index in [4.69, 9.17) is 9.47 Å². The molecule has 0 aromatic heterocycles. The molecule has 0 atom stereocenters.